The van der Waals surface area contributed by atoms with Crippen LogP contribution in [0.2, 0.25) is 0 Å². The van der Waals surface area contributed by atoms with E-state index in [1.807, 2.05) is 37.3 Å². The third-order valence-electron chi connectivity index (χ3n) is 2.11. The van der Waals surface area contributed by atoms with Gasteiger partial charge in [0, 0.05) is 5.56 Å². The first-order valence-corrected chi connectivity index (χ1v) is 4.33. The van der Waals surface area contributed by atoms with Crippen molar-refractivity contribution in [2.24, 2.45) is 0 Å². The summed E-state index contributed by atoms with van der Waals surface area (Å²) in [7, 11) is 0. The molecule has 0 bridgehead atoms. The fourth-order valence-electron chi connectivity index (χ4n) is 1.28. The molecule has 0 unspecified atom stereocenters. The molecule has 13 heavy (non-hydrogen) atoms. The van der Waals surface area contributed by atoms with E-state index in [0.29, 0.717) is 5.76 Å². The number of ether oxygens (including phenoxy) is 2. The molecule has 2 atom stereocenters. The first-order valence-electron chi connectivity index (χ1n) is 4.33. The van der Waals surface area contributed by atoms with E-state index in [1.165, 1.54) is 0 Å². The number of hydrogen-bond acceptors (Lipinski definition) is 2. The first-order chi connectivity index (χ1) is 6.27. The Bertz CT molecular complexity index is 305. The van der Waals surface area contributed by atoms with Crippen molar-refractivity contribution in [2.75, 3.05) is 0 Å². The molecular weight excluding hydrogens is 164 g/mol. The van der Waals surface area contributed by atoms with E-state index in [9.17, 15) is 0 Å². The Labute approximate surface area is 77.8 Å². The van der Waals surface area contributed by atoms with Crippen molar-refractivity contribution >= 4 is 0 Å². The summed E-state index contributed by atoms with van der Waals surface area (Å²) in [5, 5.41) is 0. The Kier molecular flexibility index (Phi) is 2.07. The van der Waals surface area contributed by atoms with Crippen LogP contribution in [0.5, 0.6) is 0 Å². The Morgan fingerprint density at radius 3 is 2.46 bits per heavy atom. The zero-order valence-corrected chi connectivity index (χ0v) is 7.57. The van der Waals surface area contributed by atoms with Gasteiger partial charge in [0.25, 0.3) is 0 Å². The number of benzene rings is 1. The maximum absolute atomic E-state index is 5.54. The highest BCUT2D eigenvalue weighted by Crippen LogP contribution is 2.31. The predicted molar refractivity (Wildman–Crippen MR) is 50.0 cm³/mol. The van der Waals surface area contributed by atoms with Crippen LogP contribution in [0.25, 0.3) is 0 Å². The second-order valence-electron chi connectivity index (χ2n) is 3.11. The Morgan fingerprint density at radius 2 is 1.92 bits per heavy atom. The van der Waals surface area contributed by atoms with Crippen LogP contribution < -0.4 is 0 Å². The molecule has 0 amide bonds. The summed E-state index contributed by atoms with van der Waals surface area (Å²) in [4.78, 5) is 0. The maximum atomic E-state index is 5.54. The topological polar surface area (TPSA) is 18.5 Å². The zero-order chi connectivity index (χ0) is 9.26. The molecule has 2 rings (SSSR count). The molecule has 0 aliphatic carbocycles. The van der Waals surface area contributed by atoms with Gasteiger partial charge in [0.2, 0.25) is 6.29 Å². The third-order valence-corrected chi connectivity index (χ3v) is 2.11. The van der Waals surface area contributed by atoms with Gasteiger partial charge >= 0.3 is 0 Å². The van der Waals surface area contributed by atoms with Gasteiger partial charge in [-0.2, -0.15) is 0 Å². The van der Waals surface area contributed by atoms with Crippen LogP contribution in [0.1, 0.15) is 18.8 Å². The van der Waals surface area contributed by atoms with E-state index in [2.05, 4.69) is 6.58 Å². The van der Waals surface area contributed by atoms with Crippen LogP contribution in [0.3, 0.4) is 0 Å². The molecule has 0 aromatic heterocycles. The summed E-state index contributed by atoms with van der Waals surface area (Å²) in [6.07, 6.45) is -0.283. The molecule has 2 heteroatoms. The molecule has 1 heterocycles. The molecule has 1 aromatic carbocycles. The van der Waals surface area contributed by atoms with E-state index in [0.717, 1.165) is 5.56 Å². The summed E-state index contributed by atoms with van der Waals surface area (Å²) in [5.74, 6) is 0.703. The van der Waals surface area contributed by atoms with Crippen LogP contribution in [0.15, 0.2) is 42.7 Å². The SMILES string of the molecule is C=C1O[C@H](c2ccccc2)O[C@H]1C. The van der Waals surface area contributed by atoms with E-state index in [-0.39, 0.29) is 12.4 Å². The number of hydrogen-bond donors (Lipinski definition) is 0. The highest BCUT2D eigenvalue weighted by molar-refractivity contribution is 5.18. The van der Waals surface area contributed by atoms with Crippen molar-refractivity contribution in [1.29, 1.82) is 0 Å². The normalized spacial score (nSPS) is 27.3. The van der Waals surface area contributed by atoms with Crippen LogP contribution in [0, 0.1) is 0 Å². The average molecular weight is 176 g/mol. The predicted octanol–water partition coefficient (Wildman–Crippen LogP) is 2.63. The fourth-order valence-corrected chi connectivity index (χ4v) is 1.28. The van der Waals surface area contributed by atoms with Crippen LogP contribution in [0.4, 0.5) is 0 Å². The highest BCUT2D eigenvalue weighted by atomic mass is 16.7. The van der Waals surface area contributed by atoms with Crippen molar-refractivity contribution < 1.29 is 9.47 Å². The maximum Gasteiger partial charge on any atom is 0.227 e. The largest absolute Gasteiger partial charge is 0.463 e. The molecule has 0 N–H and O–H groups in total. The third kappa shape index (κ3) is 1.58. The smallest absolute Gasteiger partial charge is 0.227 e. The van der Waals surface area contributed by atoms with E-state index in [1.54, 1.807) is 0 Å². The van der Waals surface area contributed by atoms with Gasteiger partial charge in [0.15, 0.2) is 0 Å². The van der Waals surface area contributed by atoms with Crippen molar-refractivity contribution in [3.05, 3.63) is 48.2 Å². The lowest BCUT2D eigenvalue weighted by atomic mass is 10.2. The number of rotatable bonds is 1. The second-order valence-corrected chi connectivity index (χ2v) is 3.11. The molecule has 1 saturated heterocycles. The van der Waals surface area contributed by atoms with E-state index < -0.39 is 0 Å². The average Bonchev–Trinajstić information content (AvgIpc) is 2.49. The Balaban J connectivity index is 2.17. The lowest BCUT2D eigenvalue weighted by molar-refractivity contribution is -0.0515. The second kappa shape index (κ2) is 3.23. The highest BCUT2D eigenvalue weighted by Gasteiger charge is 2.27. The Hall–Kier alpha value is -1.28. The van der Waals surface area contributed by atoms with Gasteiger partial charge in [-0.3, -0.25) is 0 Å². The van der Waals surface area contributed by atoms with Crippen molar-refractivity contribution in [3.8, 4) is 0 Å². The lowest BCUT2D eigenvalue weighted by Gasteiger charge is -2.08. The first kappa shape index (κ1) is 8.32. The molecular formula is C11H12O2. The minimum atomic E-state index is -0.274. The molecule has 1 aliphatic rings. The molecule has 0 saturated carbocycles. The van der Waals surface area contributed by atoms with Gasteiger partial charge in [-0.05, 0) is 6.92 Å². The molecule has 68 valence electrons. The molecule has 1 aromatic rings. The van der Waals surface area contributed by atoms with Crippen molar-refractivity contribution in [1.82, 2.24) is 0 Å². The molecule has 1 aliphatic heterocycles. The standard InChI is InChI=1S/C11H12O2/c1-8-9(2)13-11(12-8)10-6-4-3-5-7-10/h3-7,9,11H,1H2,2H3/t9-,11-/m0/s1. The van der Waals surface area contributed by atoms with Gasteiger partial charge in [-0.1, -0.05) is 36.9 Å². The molecule has 0 radical (unpaired) electrons. The summed E-state index contributed by atoms with van der Waals surface area (Å²) >= 11 is 0. The Morgan fingerprint density at radius 1 is 1.23 bits per heavy atom. The summed E-state index contributed by atoms with van der Waals surface area (Å²) in [6.45, 7) is 5.70. The van der Waals surface area contributed by atoms with Gasteiger partial charge in [-0.15, -0.1) is 0 Å². The fraction of sp³-hybridized carbons (Fsp3) is 0.273. The monoisotopic (exact) mass is 176 g/mol. The van der Waals surface area contributed by atoms with Crippen molar-refractivity contribution in [3.63, 3.8) is 0 Å². The van der Waals surface area contributed by atoms with Gasteiger partial charge in [-0.25, -0.2) is 0 Å². The molecule has 0 spiro atoms. The summed E-state index contributed by atoms with van der Waals surface area (Å²) in [6, 6.07) is 9.87. The van der Waals surface area contributed by atoms with Gasteiger partial charge < -0.3 is 9.47 Å². The van der Waals surface area contributed by atoms with Crippen LogP contribution in [-0.2, 0) is 9.47 Å². The minimum Gasteiger partial charge on any atom is -0.463 e. The summed E-state index contributed by atoms with van der Waals surface area (Å²) in [5.41, 5.74) is 1.04. The quantitative estimate of drug-likeness (QED) is 0.654. The summed E-state index contributed by atoms with van der Waals surface area (Å²) < 4.78 is 11.0. The zero-order valence-electron chi connectivity index (χ0n) is 7.57. The van der Waals surface area contributed by atoms with Gasteiger partial charge in [0.1, 0.15) is 11.9 Å². The molecule has 2 nitrogen and oxygen atoms in total. The lowest BCUT2D eigenvalue weighted by Crippen LogP contribution is -2.01. The van der Waals surface area contributed by atoms with Crippen molar-refractivity contribution in [2.45, 2.75) is 19.3 Å². The van der Waals surface area contributed by atoms with Crippen LogP contribution >= 0.6 is 0 Å². The van der Waals surface area contributed by atoms with Gasteiger partial charge in [0.05, 0.1) is 0 Å². The van der Waals surface area contributed by atoms with Crippen LogP contribution in [-0.4, -0.2) is 6.10 Å². The van der Waals surface area contributed by atoms with E-state index in [4.69, 9.17) is 9.47 Å². The molecule has 1 fully saturated rings. The minimum absolute atomic E-state index is 0.00907. The van der Waals surface area contributed by atoms with E-state index >= 15 is 0 Å².